The highest BCUT2D eigenvalue weighted by atomic mass is 16.5. The van der Waals surface area contributed by atoms with Crippen LogP contribution in [0.15, 0.2) is 29.3 Å². The zero-order valence-corrected chi connectivity index (χ0v) is 15.0. The Morgan fingerprint density at radius 1 is 1.12 bits per heavy atom. The van der Waals surface area contributed by atoms with E-state index < -0.39 is 23.6 Å². The van der Waals surface area contributed by atoms with E-state index in [2.05, 4.69) is 4.90 Å². The zero-order valence-electron chi connectivity index (χ0n) is 15.0. The summed E-state index contributed by atoms with van der Waals surface area (Å²) in [5, 5.41) is 0. The highest BCUT2D eigenvalue weighted by molar-refractivity contribution is 6.08. The molecule has 0 aromatic heterocycles. The fourth-order valence-corrected chi connectivity index (χ4v) is 4.44. The Morgan fingerprint density at radius 3 is 2.42 bits per heavy atom. The molecule has 2 atom stereocenters. The lowest BCUT2D eigenvalue weighted by Crippen LogP contribution is -2.63. The Morgan fingerprint density at radius 2 is 1.81 bits per heavy atom. The van der Waals surface area contributed by atoms with Gasteiger partial charge in [-0.2, -0.15) is 0 Å². The summed E-state index contributed by atoms with van der Waals surface area (Å²) < 4.78 is 21.4. The van der Waals surface area contributed by atoms with Crippen molar-refractivity contribution in [2.45, 2.75) is 24.5 Å². The van der Waals surface area contributed by atoms with Crippen molar-refractivity contribution in [1.29, 1.82) is 0 Å². The van der Waals surface area contributed by atoms with Crippen LogP contribution in [0.1, 0.15) is 18.4 Å². The Hall–Kier alpha value is -2.54. The number of methoxy groups -OCH3 is 3. The molecule has 2 unspecified atom stereocenters. The fraction of sp³-hybridized carbons (Fsp3) is 0.474. The number of carbonyl (C=O) groups is 2. The van der Waals surface area contributed by atoms with E-state index in [1.54, 1.807) is 13.2 Å². The minimum absolute atomic E-state index is 0.237. The fourth-order valence-electron chi connectivity index (χ4n) is 4.44. The van der Waals surface area contributed by atoms with Crippen LogP contribution >= 0.6 is 0 Å². The molecule has 2 heterocycles. The zero-order chi connectivity index (χ0) is 18.5. The molecule has 0 bridgehead atoms. The molecule has 2 aliphatic heterocycles. The Labute approximate surface area is 151 Å². The summed E-state index contributed by atoms with van der Waals surface area (Å²) in [6.45, 7) is 1.64. The summed E-state index contributed by atoms with van der Waals surface area (Å²) in [5.41, 5.74) is 0.608. The van der Waals surface area contributed by atoms with Crippen molar-refractivity contribution >= 4 is 11.9 Å². The SMILES string of the molecule is COC(=O)C1=C(C(=O)OC)C2(N3CCCC3)c3ccc(OC)cc3OC12. The van der Waals surface area contributed by atoms with Crippen LogP contribution in [-0.4, -0.2) is 57.4 Å². The third-order valence-electron chi connectivity index (χ3n) is 5.54. The predicted molar refractivity (Wildman–Crippen MR) is 91.0 cm³/mol. The molecule has 1 aromatic rings. The van der Waals surface area contributed by atoms with Gasteiger partial charge < -0.3 is 18.9 Å². The summed E-state index contributed by atoms with van der Waals surface area (Å²) in [4.78, 5) is 27.3. The van der Waals surface area contributed by atoms with E-state index >= 15 is 0 Å². The van der Waals surface area contributed by atoms with Gasteiger partial charge in [-0.3, -0.25) is 4.90 Å². The van der Waals surface area contributed by atoms with Gasteiger partial charge in [0.15, 0.2) is 6.10 Å². The van der Waals surface area contributed by atoms with Crippen LogP contribution < -0.4 is 9.47 Å². The number of esters is 2. The molecule has 26 heavy (non-hydrogen) atoms. The van der Waals surface area contributed by atoms with Crippen LogP contribution in [0.5, 0.6) is 11.5 Å². The average Bonchev–Trinajstić information content (AvgIpc) is 3.27. The van der Waals surface area contributed by atoms with Crippen LogP contribution in [-0.2, 0) is 24.6 Å². The van der Waals surface area contributed by atoms with Crippen molar-refractivity contribution < 1.29 is 28.5 Å². The van der Waals surface area contributed by atoms with Gasteiger partial charge in [0.1, 0.15) is 17.0 Å². The summed E-state index contributed by atoms with van der Waals surface area (Å²) in [5.74, 6) is 0.174. The molecule has 7 heteroatoms. The van der Waals surface area contributed by atoms with E-state index in [0.29, 0.717) is 17.1 Å². The Balaban J connectivity index is 1.93. The second-order valence-corrected chi connectivity index (χ2v) is 6.59. The van der Waals surface area contributed by atoms with Crippen molar-refractivity contribution in [3.63, 3.8) is 0 Å². The highest BCUT2D eigenvalue weighted by Gasteiger charge is 2.69. The number of benzene rings is 1. The Kier molecular flexibility index (Phi) is 3.91. The molecule has 4 rings (SSSR count). The lowest BCUT2D eigenvalue weighted by Gasteiger charge is -2.50. The second kappa shape index (κ2) is 6.02. The van der Waals surface area contributed by atoms with Gasteiger partial charge in [-0.05, 0) is 38.1 Å². The van der Waals surface area contributed by atoms with Gasteiger partial charge >= 0.3 is 11.9 Å². The van der Waals surface area contributed by atoms with Gasteiger partial charge in [-0.1, -0.05) is 0 Å². The van der Waals surface area contributed by atoms with Crippen molar-refractivity contribution in [1.82, 2.24) is 4.90 Å². The van der Waals surface area contributed by atoms with E-state index in [-0.39, 0.29) is 5.57 Å². The molecule has 0 saturated carbocycles. The minimum Gasteiger partial charge on any atom is -0.497 e. The molecular formula is C19H21NO6. The van der Waals surface area contributed by atoms with Gasteiger partial charge in [-0.15, -0.1) is 0 Å². The van der Waals surface area contributed by atoms with Crippen molar-refractivity contribution in [3.05, 3.63) is 34.9 Å². The number of hydrogen-bond donors (Lipinski definition) is 0. The van der Waals surface area contributed by atoms with Gasteiger partial charge in [0.05, 0.1) is 32.5 Å². The van der Waals surface area contributed by atoms with Crippen molar-refractivity contribution in [2.75, 3.05) is 34.4 Å². The first-order chi connectivity index (χ1) is 12.6. The highest BCUT2D eigenvalue weighted by Crippen LogP contribution is 2.60. The summed E-state index contributed by atoms with van der Waals surface area (Å²) in [6.07, 6.45) is 1.47. The third-order valence-corrected chi connectivity index (χ3v) is 5.54. The average molecular weight is 359 g/mol. The third kappa shape index (κ3) is 1.97. The number of hydrogen-bond acceptors (Lipinski definition) is 7. The van der Waals surface area contributed by atoms with Crippen LogP contribution in [0, 0.1) is 0 Å². The standard InChI is InChI=1S/C19H21NO6/c1-23-11-6-7-12-13(10-11)26-16-14(17(21)24-2)15(18(22)25-3)19(12,16)20-8-4-5-9-20/h6-7,10,16H,4-5,8-9H2,1-3H3. The summed E-state index contributed by atoms with van der Waals surface area (Å²) in [6, 6.07) is 5.53. The maximum Gasteiger partial charge on any atom is 0.338 e. The molecule has 0 N–H and O–H groups in total. The number of nitrogens with zero attached hydrogens (tertiary/aromatic N) is 1. The van der Waals surface area contributed by atoms with Crippen LogP contribution in [0.2, 0.25) is 0 Å². The lowest BCUT2D eigenvalue weighted by atomic mass is 9.64. The number of carbonyl (C=O) groups excluding carboxylic acids is 2. The van der Waals surface area contributed by atoms with Crippen LogP contribution in [0.3, 0.4) is 0 Å². The first-order valence-corrected chi connectivity index (χ1v) is 8.61. The second-order valence-electron chi connectivity index (χ2n) is 6.59. The molecule has 1 saturated heterocycles. The maximum atomic E-state index is 12.7. The molecule has 7 nitrogen and oxygen atoms in total. The Bertz CT molecular complexity index is 810. The first-order valence-electron chi connectivity index (χ1n) is 8.61. The monoisotopic (exact) mass is 359 g/mol. The normalized spacial score (nSPS) is 26.5. The maximum absolute atomic E-state index is 12.7. The van der Waals surface area contributed by atoms with Crippen LogP contribution in [0.25, 0.3) is 0 Å². The molecule has 138 valence electrons. The molecule has 1 aliphatic carbocycles. The van der Waals surface area contributed by atoms with E-state index in [1.165, 1.54) is 14.2 Å². The van der Waals surface area contributed by atoms with Crippen LogP contribution in [0.4, 0.5) is 0 Å². The van der Waals surface area contributed by atoms with E-state index in [9.17, 15) is 9.59 Å². The largest absolute Gasteiger partial charge is 0.497 e. The molecular weight excluding hydrogens is 338 g/mol. The number of likely N-dealkylation sites (tertiary alicyclic amines) is 1. The minimum atomic E-state index is -0.811. The van der Waals surface area contributed by atoms with Gasteiger partial charge in [0.25, 0.3) is 0 Å². The summed E-state index contributed by atoms with van der Waals surface area (Å²) >= 11 is 0. The van der Waals surface area contributed by atoms with Gasteiger partial charge in [0, 0.05) is 11.6 Å². The summed E-state index contributed by atoms with van der Waals surface area (Å²) in [7, 11) is 4.20. The van der Waals surface area contributed by atoms with Gasteiger partial charge in [0.2, 0.25) is 0 Å². The van der Waals surface area contributed by atoms with E-state index in [4.69, 9.17) is 18.9 Å². The molecule has 0 amide bonds. The smallest absolute Gasteiger partial charge is 0.338 e. The predicted octanol–water partition coefficient (Wildman–Crippen LogP) is 1.40. The molecule has 3 aliphatic rings. The van der Waals surface area contributed by atoms with Crippen molar-refractivity contribution in [3.8, 4) is 11.5 Å². The molecule has 0 radical (unpaired) electrons. The number of ether oxygens (including phenoxy) is 4. The van der Waals surface area contributed by atoms with E-state index in [1.807, 2.05) is 12.1 Å². The molecule has 0 spiro atoms. The van der Waals surface area contributed by atoms with Crippen molar-refractivity contribution in [2.24, 2.45) is 0 Å². The van der Waals surface area contributed by atoms with E-state index in [0.717, 1.165) is 31.5 Å². The quantitative estimate of drug-likeness (QED) is 0.753. The number of rotatable bonds is 4. The molecule has 1 aromatic carbocycles. The number of fused-ring (bicyclic) bond motifs is 3. The first kappa shape index (κ1) is 16.9. The molecule has 1 fully saturated rings. The van der Waals surface area contributed by atoms with Gasteiger partial charge in [-0.25, -0.2) is 9.59 Å². The topological polar surface area (TPSA) is 74.3 Å². The lowest BCUT2D eigenvalue weighted by molar-refractivity contribution is -0.146.